The number of carbonyl (C=O) groups excluding carboxylic acids is 1. The first-order valence-electron chi connectivity index (χ1n) is 9.03. The highest BCUT2D eigenvalue weighted by atomic mass is 19.1. The molecule has 0 fully saturated rings. The molecule has 1 amide bonds. The molecular weight excluding hydrogens is 380 g/mol. The Morgan fingerprint density at radius 1 is 1.17 bits per heavy atom. The number of nitrogen functional groups attached to an aromatic ring is 1. The number of anilines is 1. The summed E-state index contributed by atoms with van der Waals surface area (Å²) in [4.78, 5) is 16.4. The van der Waals surface area contributed by atoms with Crippen LogP contribution >= 0.6 is 0 Å². The third kappa shape index (κ3) is 4.53. The number of oxazole rings is 1. The molecule has 1 atom stereocenters. The number of hydrogen-bond donors (Lipinski definition) is 2. The number of hydrogen-bond acceptors (Lipinski definition) is 5. The Bertz CT molecular complexity index is 1010. The molecule has 3 rings (SSSR count). The summed E-state index contributed by atoms with van der Waals surface area (Å²) >= 11 is 0. The Balaban J connectivity index is 1.71. The summed E-state index contributed by atoms with van der Waals surface area (Å²) in [5, 5.41) is 2.60. The minimum absolute atomic E-state index is 0.0229. The zero-order valence-electron chi connectivity index (χ0n) is 16.2. The number of halogens is 2. The molecule has 29 heavy (non-hydrogen) atoms. The number of benzene rings is 2. The summed E-state index contributed by atoms with van der Waals surface area (Å²) < 4.78 is 38.2. The van der Waals surface area contributed by atoms with Crippen molar-refractivity contribution >= 4 is 11.6 Å². The third-order valence-corrected chi connectivity index (χ3v) is 4.40. The molecule has 0 spiro atoms. The first-order chi connectivity index (χ1) is 13.8. The normalized spacial score (nSPS) is 12.1. The molecule has 3 N–H and O–H groups in total. The highest BCUT2D eigenvalue weighted by molar-refractivity contribution is 5.92. The van der Waals surface area contributed by atoms with Crippen LogP contribution in [0, 0.1) is 11.6 Å². The van der Waals surface area contributed by atoms with Crippen molar-refractivity contribution in [3.05, 3.63) is 71.1 Å². The summed E-state index contributed by atoms with van der Waals surface area (Å²) in [7, 11) is 0. The lowest BCUT2D eigenvalue weighted by molar-refractivity contribution is 0.0934. The van der Waals surface area contributed by atoms with E-state index < -0.39 is 29.3 Å². The molecule has 0 unspecified atom stereocenters. The maximum atomic E-state index is 13.6. The second kappa shape index (κ2) is 8.30. The van der Waals surface area contributed by atoms with Gasteiger partial charge in [0.1, 0.15) is 29.3 Å². The van der Waals surface area contributed by atoms with Gasteiger partial charge in [-0.1, -0.05) is 32.0 Å². The first kappa shape index (κ1) is 20.3. The molecule has 2 aromatic carbocycles. The van der Waals surface area contributed by atoms with Gasteiger partial charge in [-0.15, -0.1) is 0 Å². The average molecular weight is 401 g/mol. The van der Waals surface area contributed by atoms with Gasteiger partial charge in [0.15, 0.2) is 5.69 Å². The Hall–Kier alpha value is -3.42. The molecule has 0 aliphatic rings. The molecule has 0 aliphatic carbocycles. The molecule has 0 radical (unpaired) electrons. The fourth-order valence-corrected chi connectivity index (χ4v) is 2.76. The van der Waals surface area contributed by atoms with Crippen LogP contribution in [0.5, 0.6) is 11.8 Å². The minimum Gasteiger partial charge on any atom is -0.416 e. The Morgan fingerprint density at radius 3 is 2.48 bits per heavy atom. The van der Waals surface area contributed by atoms with E-state index >= 15 is 0 Å². The number of carbonyl (C=O) groups is 1. The SMILES string of the molecule is CC(C)c1ccccc1Oc1nc(C(=O)N[C@H](C)c2cc(F)c(N)c(F)c2)co1. The summed E-state index contributed by atoms with van der Waals surface area (Å²) in [6.07, 6.45) is 1.07. The Labute approximate surface area is 166 Å². The number of nitrogens with one attached hydrogen (secondary N) is 1. The van der Waals surface area contributed by atoms with Crippen LogP contribution in [0.25, 0.3) is 0 Å². The van der Waals surface area contributed by atoms with Crippen molar-refractivity contribution in [2.45, 2.75) is 32.7 Å². The highest BCUT2D eigenvalue weighted by Gasteiger charge is 2.19. The molecule has 8 heteroatoms. The molecule has 1 aromatic heterocycles. The van der Waals surface area contributed by atoms with E-state index in [0.29, 0.717) is 5.75 Å². The van der Waals surface area contributed by atoms with Gasteiger partial charge in [0.2, 0.25) is 0 Å². The van der Waals surface area contributed by atoms with E-state index in [0.717, 1.165) is 24.0 Å². The minimum atomic E-state index is -0.887. The van der Waals surface area contributed by atoms with Crippen molar-refractivity contribution in [2.75, 3.05) is 5.73 Å². The molecule has 3 aromatic rings. The van der Waals surface area contributed by atoms with Gasteiger partial charge in [0, 0.05) is 0 Å². The zero-order chi connectivity index (χ0) is 21.1. The number of para-hydroxylation sites is 1. The second-order valence-corrected chi connectivity index (χ2v) is 6.89. The van der Waals surface area contributed by atoms with E-state index in [2.05, 4.69) is 10.3 Å². The van der Waals surface area contributed by atoms with E-state index in [-0.39, 0.29) is 23.3 Å². The van der Waals surface area contributed by atoms with Crippen LogP contribution in [-0.4, -0.2) is 10.9 Å². The lowest BCUT2D eigenvalue weighted by Crippen LogP contribution is -2.27. The van der Waals surface area contributed by atoms with Gasteiger partial charge in [-0.05, 0) is 42.2 Å². The van der Waals surface area contributed by atoms with E-state index in [1.165, 1.54) is 0 Å². The average Bonchev–Trinajstić information content (AvgIpc) is 3.14. The van der Waals surface area contributed by atoms with Crippen LogP contribution in [0.1, 0.15) is 54.3 Å². The molecule has 0 saturated heterocycles. The van der Waals surface area contributed by atoms with Crippen molar-refractivity contribution < 1.29 is 22.7 Å². The number of amides is 1. The van der Waals surface area contributed by atoms with Gasteiger partial charge in [-0.25, -0.2) is 8.78 Å². The standard InChI is InChI=1S/C21H21F2N3O3/c1-11(2)14-6-4-5-7-18(14)29-21-26-17(10-28-21)20(27)25-12(3)13-8-15(22)19(24)16(23)9-13/h4-12H,24H2,1-3H3,(H,25,27)/t12-/m1/s1. The van der Waals surface area contributed by atoms with Gasteiger partial charge < -0.3 is 20.2 Å². The predicted octanol–water partition coefficient (Wildman–Crippen LogP) is 4.94. The first-order valence-corrected chi connectivity index (χ1v) is 9.03. The van der Waals surface area contributed by atoms with Crippen LogP contribution in [-0.2, 0) is 0 Å². The fraction of sp³-hybridized carbons (Fsp3) is 0.238. The lowest BCUT2D eigenvalue weighted by atomic mass is 10.0. The number of ether oxygens (including phenoxy) is 1. The molecule has 0 bridgehead atoms. The molecule has 0 saturated carbocycles. The van der Waals surface area contributed by atoms with Crippen molar-refractivity contribution in [1.82, 2.24) is 10.3 Å². The molecule has 0 aliphatic heterocycles. The quantitative estimate of drug-likeness (QED) is 0.571. The highest BCUT2D eigenvalue weighted by Crippen LogP contribution is 2.30. The van der Waals surface area contributed by atoms with Crippen molar-refractivity contribution in [3.63, 3.8) is 0 Å². The van der Waals surface area contributed by atoms with Crippen LogP contribution in [0.3, 0.4) is 0 Å². The van der Waals surface area contributed by atoms with Crippen LogP contribution in [0.2, 0.25) is 0 Å². The Morgan fingerprint density at radius 2 is 1.83 bits per heavy atom. The molecule has 6 nitrogen and oxygen atoms in total. The number of aromatic nitrogens is 1. The number of nitrogens with zero attached hydrogens (tertiary/aromatic N) is 1. The largest absolute Gasteiger partial charge is 0.416 e. The number of nitrogens with two attached hydrogens (primary N) is 1. The maximum absolute atomic E-state index is 13.6. The van der Waals surface area contributed by atoms with Crippen LogP contribution in [0.4, 0.5) is 14.5 Å². The summed E-state index contributed by atoms with van der Waals surface area (Å²) in [5.74, 6) is -1.54. The molecular formula is C21H21F2N3O3. The maximum Gasteiger partial charge on any atom is 0.399 e. The van der Waals surface area contributed by atoms with Gasteiger partial charge in [0.25, 0.3) is 5.91 Å². The van der Waals surface area contributed by atoms with E-state index in [1.807, 2.05) is 32.0 Å². The van der Waals surface area contributed by atoms with Crippen molar-refractivity contribution in [2.24, 2.45) is 0 Å². The predicted molar refractivity (Wildman–Crippen MR) is 104 cm³/mol. The summed E-state index contributed by atoms with van der Waals surface area (Å²) in [5.41, 5.74) is 5.88. The third-order valence-electron chi connectivity index (χ3n) is 4.40. The lowest BCUT2D eigenvalue weighted by Gasteiger charge is -2.14. The smallest absolute Gasteiger partial charge is 0.399 e. The molecule has 152 valence electrons. The zero-order valence-corrected chi connectivity index (χ0v) is 16.2. The van der Waals surface area contributed by atoms with Gasteiger partial charge in [-0.2, -0.15) is 4.98 Å². The van der Waals surface area contributed by atoms with Gasteiger partial charge in [0.05, 0.1) is 6.04 Å². The van der Waals surface area contributed by atoms with E-state index in [9.17, 15) is 13.6 Å². The topological polar surface area (TPSA) is 90.4 Å². The summed E-state index contributed by atoms with van der Waals surface area (Å²) in [6, 6.07) is 8.90. The van der Waals surface area contributed by atoms with Crippen molar-refractivity contribution in [1.29, 1.82) is 0 Å². The summed E-state index contributed by atoms with van der Waals surface area (Å²) in [6.45, 7) is 5.64. The van der Waals surface area contributed by atoms with Gasteiger partial charge in [-0.3, -0.25) is 4.79 Å². The van der Waals surface area contributed by atoms with Gasteiger partial charge >= 0.3 is 6.08 Å². The van der Waals surface area contributed by atoms with Crippen LogP contribution in [0.15, 0.2) is 47.1 Å². The monoisotopic (exact) mass is 401 g/mol. The van der Waals surface area contributed by atoms with E-state index in [4.69, 9.17) is 14.9 Å². The fourth-order valence-electron chi connectivity index (χ4n) is 2.76. The second-order valence-electron chi connectivity index (χ2n) is 6.89. The molecule has 1 heterocycles. The Kier molecular flexibility index (Phi) is 5.81. The van der Waals surface area contributed by atoms with Crippen molar-refractivity contribution in [3.8, 4) is 11.8 Å². The number of rotatable bonds is 6. The van der Waals surface area contributed by atoms with E-state index in [1.54, 1.807) is 13.0 Å². The van der Waals surface area contributed by atoms with Crippen LogP contribution < -0.4 is 15.8 Å².